The Hall–Kier alpha value is -2.00. The van der Waals surface area contributed by atoms with Crippen LogP contribution in [-0.2, 0) is 4.74 Å². The summed E-state index contributed by atoms with van der Waals surface area (Å²) in [6, 6.07) is 14.9. The van der Waals surface area contributed by atoms with E-state index in [1.165, 1.54) is 0 Å². The lowest BCUT2D eigenvalue weighted by Crippen LogP contribution is -2.25. The van der Waals surface area contributed by atoms with Crippen LogP contribution in [0.15, 0.2) is 48.5 Å². The van der Waals surface area contributed by atoms with Gasteiger partial charge in [0.05, 0.1) is 5.69 Å². The first-order valence-corrected chi connectivity index (χ1v) is 5.94. The quantitative estimate of drug-likeness (QED) is 0.841. The Bertz CT molecular complexity index is 598. The van der Waals surface area contributed by atoms with Crippen molar-refractivity contribution in [1.29, 1.82) is 0 Å². The molecule has 2 aromatic rings. The van der Waals surface area contributed by atoms with Gasteiger partial charge in [-0.2, -0.15) is 0 Å². The summed E-state index contributed by atoms with van der Waals surface area (Å²) in [5.74, 6) is 0. The first-order valence-electron chi connectivity index (χ1n) is 5.56. The monoisotopic (exact) mass is 259 g/mol. The Morgan fingerprint density at radius 3 is 2.67 bits per heavy atom. The van der Waals surface area contributed by atoms with Crippen molar-refractivity contribution in [3.05, 3.63) is 64.7 Å². The molecule has 2 aromatic carbocycles. The molecule has 1 amide bonds. The molecule has 1 aliphatic heterocycles. The number of hydrogen-bond donors (Lipinski definition) is 1. The van der Waals surface area contributed by atoms with Gasteiger partial charge in [0.2, 0.25) is 0 Å². The average molecular weight is 260 g/mol. The normalized spacial score (nSPS) is 17.6. The van der Waals surface area contributed by atoms with E-state index in [0.29, 0.717) is 5.02 Å². The largest absolute Gasteiger partial charge is 0.436 e. The Balaban J connectivity index is 2.12. The molecule has 1 N–H and O–H groups in total. The molecule has 3 nitrogen and oxygen atoms in total. The van der Waals surface area contributed by atoms with Gasteiger partial charge in [-0.1, -0.05) is 41.9 Å². The summed E-state index contributed by atoms with van der Waals surface area (Å²) in [4.78, 5) is 11.5. The minimum atomic E-state index is -0.446. The number of anilines is 1. The molecule has 0 saturated carbocycles. The molecule has 1 aliphatic rings. The zero-order valence-electron chi connectivity index (χ0n) is 9.39. The van der Waals surface area contributed by atoms with E-state index in [-0.39, 0.29) is 0 Å². The smallest absolute Gasteiger partial charge is 0.412 e. The Labute approximate surface area is 109 Å². The van der Waals surface area contributed by atoms with Crippen LogP contribution in [0, 0.1) is 0 Å². The summed E-state index contributed by atoms with van der Waals surface area (Å²) < 4.78 is 5.35. The van der Waals surface area contributed by atoms with Crippen LogP contribution in [0.5, 0.6) is 0 Å². The van der Waals surface area contributed by atoms with Gasteiger partial charge in [-0.25, -0.2) is 4.79 Å². The van der Waals surface area contributed by atoms with Crippen molar-refractivity contribution in [3.8, 4) is 0 Å². The summed E-state index contributed by atoms with van der Waals surface area (Å²) in [6.07, 6.45) is -0.854. The van der Waals surface area contributed by atoms with Crippen LogP contribution < -0.4 is 5.32 Å². The minimum absolute atomic E-state index is 0.409. The highest BCUT2D eigenvalue weighted by atomic mass is 35.5. The van der Waals surface area contributed by atoms with E-state index in [4.69, 9.17) is 16.3 Å². The van der Waals surface area contributed by atoms with E-state index in [1.54, 1.807) is 12.1 Å². The minimum Gasteiger partial charge on any atom is -0.436 e. The maximum Gasteiger partial charge on any atom is 0.412 e. The summed E-state index contributed by atoms with van der Waals surface area (Å²) in [6.45, 7) is 0. The number of halogens is 1. The molecular formula is C14H10ClNO2. The second kappa shape index (κ2) is 4.35. The van der Waals surface area contributed by atoms with Crippen LogP contribution in [0.25, 0.3) is 0 Å². The molecule has 0 fully saturated rings. The molecule has 0 radical (unpaired) electrons. The second-order valence-corrected chi connectivity index (χ2v) is 4.49. The van der Waals surface area contributed by atoms with Gasteiger partial charge in [0.1, 0.15) is 0 Å². The molecule has 0 saturated heterocycles. The SMILES string of the molecule is O=C1Nc2ccc(Cl)cc2C(c2ccccc2)O1. The fourth-order valence-electron chi connectivity index (χ4n) is 2.05. The van der Waals surface area contributed by atoms with Crippen molar-refractivity contribution in [2.75, 3.05) is 5.32 Å². The number of cyclic esters (lactones) is 1. The third-order valence-electron chi connectivity index (χ3n) is 2.86. The highest BCUT2D eigenvalue weighted by molar-refractivity contribution is 6.30. The van der Waals surface area contributed by atoms with E-state index >= 15 is 0 Å². The van der Waals surface area contributed by atoms with Crippen molar-refractivity contribution in [2.45, 2.75) is 6.10 Å². The van der Waals surface area contributed by atoms with E-state index < -0.39 is 12.2 Å². The Morgan fingerprint density at radius 1 is 1.11 bits per heavy atom. The van der Waals surface area contributed by atoms with Gasteiger partial charge in [0, 0.05) is 10.6 Å². The zero-order valence-corrected chi connectivity index (χ0v) is 10.1. The fourth-order valence-corrected chi connectivity index (χ4v) is 2.23. The number of rotatable bonds is 1. The van der Waals surface area contributed by atoms with Crippen molar-refractivity contribution < 1.29 is 9.53 Å². The highest BCUT2D eigenvalue weighted by Gasteiger charge is 2.27. The van der Waals surface area contributed by atoms with E-state index in [9.17, 15) is 4.79 Å². The number of hydrogen-bond acceptors (Lipinski definition) is 2. The predicted molar refractivity (Wildman–Crippen MR) is 69.8 cm³/mol. The molecule has 0 aromatic heterocycles. The van der Waals surface area contributed by atoms with Crippen LogP contribution in [0.4, 0.5) is 10.5 Å². The van der Waals surface area contributed by atoms with Crippen molar-refractivity contribution in [1.82, 2.24) is 0 Å². The molecule has 4 heteroatoms. The molecule has 1 heterocycles. The second-order valence-electron chi connectivity index (χ2n) is 4.05. The lowest BCUT2D eigenvalue weighted by Gasteiger charge is -2.26. The van der Waals surface area contributed by atoms with E-state index in [0.717, 1.165) is 16.8 Å². The first-order chi connectivity index (χ1) is 8.74. The molecule has 1 unspecified atom stereocenters. The molecule has 0 aliphatic carbocycles. The molecule has 18 heavy (non-hydrogen) atoms. The fraction of sp³-hybridized carbons (Fsp3) is 0.0714. The molecular weight excluding hydrogens is 250 g/mol. The average Bonchev–Trinajstić information content (AvgIpc) is 2.39. The van der Waals surface area contributed by atoms with Gasteiger partial charge in [0.15, 0.2) is 6.10 Å². The summed E-state index contributed by atoms with van der Waals surface area (Å²) in [7, 11) is 0. The molecule has 0 spiro atoms. The van der Waals surface area contributed by atoms with Crippen LogP contribution in [0.3, 0.4) is 0 Å². The third-order valence-corrected chi connectivity index (χ3v) is 3.10. The van der Waals surface area contributed by atoms with Gasteiger partial charge < -0.3 is 4.74 Å². The molecule has 3 rings (SSSR count). The van der Waals surface area contributed by atoms with Gasteiger partial charge in [-0.3, -0.25) is 5.32 Å². The molecule has 90 valence electrons. The summed E-state index contributed by atoms with van der Waals surface area (Å²) >= 11 is 6.00. The maximum atomic E-state index is 11.5. The number of fused-ring (bicyclic) bond motifs is 1. The van der Waals surface area contributed by atoms with Crippen molar-refractivity contribution >= 4 is 23.4 Å². The number of amides is 1. The van der Waals surface area contributed by atoms with Crippen molar-refractivity contribution in [2.24, 2.45) is 0 Å². The van der Waals surface area contributed by atoms with Crippen LogP contribution in [0.1, 0.15) is 17.2 Å². The lowest BCUT2D eigenvalue weighted by molar-refractivity contribution is 0.126. The Kier molecular flexibility index (Phi) is 2.68. The zero-order chi connectivity index (χ0) is 12.5. The number of nitrogens with one attached hydrogen (secondary N) is 1. The maximum absolute atomic E-state index is 11.5. The van der Waals surface area contributed by atoms with E-state index in [1.807, 2.05) is 36.4 Å². The highest BCUT2D eigenvalue weighted by Crippen LogP contribution is 2.36. The van der Waals surface area contributed by atoms with Crippen molar-refractivity contribution in [3.63, 3.8) is 0 Å². The summed E-state index contributed by atoms with van der Waals surface area (Å²) in [5.41, 5.74) is 2.54. The number of ether oxygens (including phenoxy) is 1. The number of carbonyl (C=O) groups excluding carboxylic acids is 1. The topological polar surface area (TPSA) is 38.3 Å². The van der Waals surface area contributed by atoms with Gasteiger partial charge in [-0.05, 0) is 23.8 Å². The predicted octanol–water partition coefficient (Wildman–Crippen LogP) is 3.99. The standard InChI is InChI=1S/C14H10ClNO2/c15-10-6-7-12-11(8-10)13(18-14(17)16-12)9-4-2-1-3-5-9/h1-8,13H,(H,16,17). The van der Waals surface area contributed by atoms with Gasteiger partial charge >= 0.3 is 6.09 Å². The van der Waals surface area contributed by atoms with Crippen LogP contribution in [0.2, 0.25) is 5.02 Å². The van der Waals surface area contributed by atoms with Gasteiger partial charge in [0.25, 0.3) is 0 Å². The van der Waals surface area contributed by atoms with E-state index in [2.05, 4.69) is 5.32 Å². The number of carbonyl (C=O) groups is 1. The summed E-state index contributed by atoms with van der Waals surface area (Å²) in [5, 5.41) is 3.29. The van der Waals surface area contributed by atoms with Crippen LogP contribution >= 0.6 is 11.6 Å². The Morgan fingerprint density at radius 2 is 1.89 bits per heavy atom. The van der Waals surface area contributed by atoms with Gasteiger partial charge in [-0.15, -0.1) is 0 Å². The molecule has 0 bridgehead atoms. The number of benzene rings is 2. The molecule has 1 atom stereocenters. The first kappa shape index (κ1) is 11.1. The third kappa shape index (κ3) is 1.93. The van der Waals surface area contributed by atoms with Crippen LogP contribution in [-0.4, -0.2) is 6.09 Å². The lowest BCUT2D eigenvalue weighted by atomic mass is 9.99.